The summed E-state index contributed by atoms with van der Waals surface area (Å²) in [6, 6.07) is 18.5. The highest BCUT2D eigenvalue weighted by molar-refractivity contribution is 5.82. The lowest BCUT2D eigenvalue weighted by Gasteiger charge is -2.09. The van der Waals surface area contributed by atoms with Crippen LogP contribution in [0.2, 0.25) is 0 Å². The van der Waals surface area contributed by atoms with Crippen molar-refractivity contribution >= 4 is 16.9 Å². The first-order chi connectivity index (χ1) is 15.0. The van der Waals surface area contributed by atoms with Crippen LogP contribution in [0.15, 0.2) is 82.2 Å². The number of hydrogen-bond acceptors (Lipinski definition) is 6. The maximum absolute atomic E-state index is 12.8. The highest BCUT2D eigenvalue weighted by Crippen LogP contribution is 2.25. The molecule has 0 saturated carbocycles. The van der Waals surface area contributed by atoms with Crippen LogP contribution in [0, 0.1) is 0 Å². The van der Waals surface area contributed by atoms with Gasteiger partial charge in [0, 0.05) is 12.5 Å². The van der Waals surface area contributed by atoms with Gasteiger partial charge in [-0.25, -0.2) is 0 Å². The Morgan fingerprint density at radius 1 is 0.968 bits per heavy atom. The van der Waals surface area contributed by atoms with Crippen LogP contribution < -0.4 is 14.9 Å². The fraction of sp³-hybridized carbons (Fsp3) is 0.120. The molecule has 31 heavy (non-hydrogen) atoms. The Labute approximate surface area is 178 Å². The lowest BCUT2D eigenvalue weighted by molar-refractivity contribution is -0.134. The predicted octanol–water partition coefficient (Wildman–Crippen LogP) is 5.06. The SMILES string of the molecule is CCC(=O)Oc1ccc(COc2ccc3c(=O)c(-c4ccc(O)cc4)coc3c2)cc1. The Morgan fingerprint density at radius 2 is 1.68 bits per heavy atom. The summed E-state index contributed by atoms with van der Waals surface area (Å²) in [7, 11) is 0. The van der Waals surface area contributed by atoms with Gasteiger partial charge in [0.15, 0.2) is 5.43 Å². The fourth-order valence-electron chi connectivity index (χ4n) is 3.06. The molecule has 1 heterocycles. The highest BCUT2D eigenvalue weighted by atomic mass is 16.5. The van der Waals surface area contributed by atoms with E-state index in [1.54, 1.807) is 49.4 Å². The minimum atomic E-state index is -0.282. The largest absolute Gasteiger partial charge is 0.508 e. The van der Waals surface area contributed by atoms with Crippen molar-refractivity contribution in [2.24, 2.45) is 0 Å². The van der Waals surface area contributed by atoms with Crippen LogP contribution in [0.1, 0.15) is 18.9 Å². The van der Waals surface area contributed by atoms with Crippen molar-refractivity contribution < 1.29 is 23.8 Å². The first-order valence-corrected chi connectivity index (χ1v) is 9.81. The van der Waals surface area contributed by atoms with Gasteiger partial charge in [0.1, 0.15) is 35.7 Å². The topological polar surface area (TPSA) is 86.0 Å². The van der Waals surface area contributed by atoms with E-state index in [4.69, 9.17) is 13.9 Å². The number of esters is 1. The summed E-state index contributed by atoms with van der Waals surface area (Å²) in [6.45, 7) is 2.05. The highest BCUT2D eigenvalue weighted by Gasteiger charge is 2.10. The van der Waals surface area contributed by atoms with E-state index in [9.17, 15) is 14.7 Å². The van der Waals surface area contributed by atoms with Crippen LogP contribution in [-0.4, -0.2) is 11.1 Å². The standard InChI is InChI=1S/C25H20O6/c1-2-24(27)31-19-9-3-16(4-10-19)14-29-20-11-12-21-23(13-20)30-15-22(25(21)28)17-5-7-18(26)8-6-17/h3-13,15,26H,2,14H2,1H3. The van der Waals surface area contributed by atoms with Gasteiger partial charge in [-0.05, 0) is 47.5 Å². The molecule has 0 spiro atoms. The van der Waals surface area contributed by atoms with Crippen molar-refractivity contribution in [3.8, 4) is 28.4 Å². The zero-order chi connectivity index (χ0) is 21.8. The first-order valence-electron chi connectivity index (χ1n) is 9.81. The van der Waals surface area contributed by atoms with Gasteiger partial charge in [0.25, 0.3) is 0 Å². The number of carbonyl (C=O) groups excluding carboxylic acids is 1. The maximum atomic E-state index is 12.8. The van der Waals surface area contributed by atoms with Crippen LogP contribution in [0.3, 0.4) is 0 Å². The molecule has 156 valence electrons. The fourth-order valence-corrected chi connectivity index (χ4v) is 3.06. The number of hydrogen-bond donors (Lipinski definition) is 1. The average molecular weight is 416 g/mol. The van der Waals surface area contributed by atoms with Crippen molar-refractivity contribution in [3.05, 3.63) is 88.8 Å². The minimum Gasteiger partial charge on any atom is -0.508 e. The second-order valence-corrected chi connectivity index (χ2v) is 6.94. The molecule has 0 aliphatic carbocycles. The van der Waals surface area contributed by atoms with E-state index >= 15 is 0 Å². The third kappa shape index (κ3) is 4.59. The van der Waals surface area contributed by atoms with Crippen LogP contribution in [-0.2, 0) is 11.4 Å². The van der Waals surface area contributed by atoms with Crippen molar-refractivity contribution in [1.82, 2.24) is 0 Å². The number of fused-ring (bicyclic) bond motifs is 1. The summed E-state index contributed by atoms with van der Waals surface area (Å²) < 4.78 is 16.6. The molecule has 1 N–H and O–H groups in total. The van der Waals surface area contributed by atoms with Crippen molar-refractivity contribution in [1.29, 1.82) is 0 Å². The molecule has 0 radical (unpaired) electrons. The maximum Gasteiger partial charge on any atom is 0.310 e. The van der Waals surface area contributed by atoms with E-state index in [1.807, 2.05) is 12.1 Å². The minimum absolute atomic E-state index is 0.132. The summed E-state index contributed by atoms with van der Waals surface area (Å²) in [4.78, 5) is 24.2. The van der Waals surface area contributed by atoms with Gasteiger partial charge in [0.05, 0.1) is 10.9 Å². The number of carbonyl (C=O) groups is 1. The molecule has 1 aromatic heterocycles. The van der Waals surface area contributed by atoms with Crippen LogP contribution >= 0.6 is 0 Å². The summed E-state index contributed by atoms with van der Waals surface area (Å²) in [5.74, 6) is 0.907. The number of aromatic hydroxyl groups is 1. The van der Waals surface area contributed by atoms with Crippen LogP contribution in [0.5, 0.6) is 17.2 Å². The van der Waals surface area contributed by atoms with Crippen LogP contribution in [0.25, 0.3) is 22.1 Å². The lowest BCUT2D eigenvalue weighted by atomic mass is 10.1. The second-order valence-electron chi connectivity index (χ2n) is 6.94. The Kier molecular flexibility index (Phi) is 5.71. The molecular weight excluding hydrogens is 396 g/mol. The van der Waals surface area contributed by atoms with E-state index < -0.39 is 0 Å². The molecule has 4 aromatic rings. The molecular formula is C25H20O6. The van der Waals surface area contributed by atoms with Crippen molar-refractivity contribution in [3.63, 3.8) is 0 Å². The first kappa shape index (κ1) is 20.2. The van der Waals surface area contributed by atoms with Gasteiger partial charge in [-0.1, -0.05) is 31.2 Å². The normalized spacial score (nSPS) is 10.7. The van der Waals surface area contributed by atoms with E-state index in [1.165, 1.54) is 18.4 Å². The lowest BCUT2D eigenvalue weighted by Crippen LogP contribution is -2.05. The zero-order valence-corrected chi connectivity index (χ0v) is 16.8. The Bertz CT molecular complexity index is 1270. The van der Waals surface area contributed by atoms with E-state index in [2.05, 4.69) is 0 Å². The number of ether oxygens (including phenoxy) is 2. The Morgan fingerprint density at radius 3 is 2.39 bits per heavy atom. The monoisotopic (exact) mass is 416 g/mol. The summed E-state index contributed by atoms with van der Waals surface area (Å²) in [5.41, 5.74) is 2.26. The average Bonchev–Trinajstić information content (AvgIpc) is 2.79. The van der Waals surface area contributed by atoms with Crippen LogP contribution in [0.4, 0.5) is 0 Å². The van der Waals surface area contributed by atoms with E-state index in [-0.39, 0.29) is 17.1 Å². The molecule has 0 fully saturated rings. The summed E-state index contributed by atoms with van der Waals surface area (Å²) in [6.07, 6.45) is 1.73. The van der Waals surface area contributed by atoms with Gasteiger partial charge in [-0.2, -0.15) is 0 Å². The number of phenolic OH excluding ortho intramolecular Hbond substituents is 1. The van der Waals surface area contributed by atoms with Gasteiger partial charge < -0.3 is 19.0 Å². The molecule has 4 rings (SSSR count). The van der Waals surface area contributed by atoms with Gasteiger partial charge in [0.2, 0.25) is 0 Å². The molecule has 3 aromatic carbocycles. The van der Waals surface area contributed by atoms with Gasteiger partial charge in [-0.15, -0.1) is 0 Å². The van der Waals surface area contributed by atoms with E-state index in [0.29, 0.717) is 46.6 Å². The second kappa shape index (κ2) is 8.75. The van der Waals surface area contributed by atoms with Crippen molar-refractivity contribution in [2.45, 2.75) is 20.0 Å². The third-order valence-electron chi connectivity index (χ3n) is 4.77. The molecule has 0 atom stereocenters. The van der Waals surface area contributed by atoms with Crippen molar-refractivity contribution in [2.75, 3.05) is 0 Å². The van der Waals surface area contributed by atoms with Gasteiger partial charge >= 0.3 is 5.97 Å². The van der Waals surface area contributed by atoms with Gasteiger partial charge in [-0.3, -0.25) is 9.59 Å². The molecule has 0 aliphatic rings. The third-order valence-corrected chi connectivity index (χ3v) is 4.77. The number of phenols is 1. The molecule has 0 amide bonds. The summed E-state index contributed by atoms with van der Waals surface area (Å²) in [5, 5.41) is 9.88. The Hall–Kier alpha value is -4.06. The molecule has 0 aliphatic heterocycles. The summed E-state index contributed by atoms with van der Waals surface area (Å²) >= 11 is 0. The molecule has 0 saturated heterocycles. The molecule has 6 heteroatoms. The molecule has 0 bridgehead atoms. The quantitative estimate of drug-likeness (QED) is 0.349. The number of benzene rings is 3. The van der Waals surface area contributed by atoms with E-state index in [0.717, 1.165) is 5.56 Å². The number of rotatable bonds is 6. The zero-order valence-electron chi connectivity index (χ0n) is 16.8. The molecule has 6 nitrogen and oxygen atoms in total. The Balaban J connectivity index is 1.49. The smallest absolute Gasteiger partial charge is 0.310 e. The molecule has 0 unspecified atom stereocenters. The predicted molar refractivity (Wildman–Crippen MR) is 116 cm³/mol.